The van der Waals surface area contributed by atoms with E-state index in [1.54, 1.807) is 31.2 Å². The molecule has 0 aliphatic rings. The van der Waals surface area contributed by atoms with Gasteiger partial charge in [0, 0.05) is 13.2 Å². The SMILES string of the molecule is Cc1ccc(CNC(=O)c2ccccc2NC(=O)C(C)OCCC(C)C)cc1. The first kappa shape index (κ1) is 21.6. The molecule has 1 atom stereocenters. The first-order valence-electron chi connectivity index (χ1n) is 9.72. The normalized spacial score (nSPS) is 11.9. The van der Waals surface area contributed by atoms with Crippen molar-refractivity contribution >= 4 is 17.5 Å². The molecule has 0 heterocycles. The number of hydrogen-bond acceptors (Lipinski definition) is 3. The van der Waals surface area contributed by atoms with Gasteiger partial charge < -0.3 is 15.4 Å². The Balaban J connectivity index is 1.96. The number of amides is 2. The summed E-state index contributed by atoms with van der Waals surface area (Å²) in [5.41, 5.74) is 3.10. The molecule has 0 saturated carbocycles. The van der Waals surface area contributed by atoms with E-state index in [0.717, 1.165) is 12.0 Å². The molecule has 2 rings (SSSR count). The summed E-state index contributed by atoms with van der Waals surface area (Å²) >= 11 is 0. The smallest absolute Gasteiger partial charge is 0.253 e. The molecule has 0 saturated heterocycles. The molecule has 5 nitrogen and oxygen atoms in total. The maximum absolute atomic E-state index is 12.6. The van der Waals surface area contributed by atoms with Gasteiger partial charge >= 0.3 is 0 Å². The average Bonchev–Trinajstić information content (AvgIpc) is 2.67. The molecule has 2 aromatic rings. The topological polar surface area (TPSA) is 67.4 Å². The molecule has 5 heteroatoms. The number of hydrogen-bond donors (Lipinski definition) is 2. The number of anilines is 1. The summed E-state index contributed by atoms with van der Waals surface area (Å²) in [7, 11) is 0. The van der Waals surface area contributed by atoms with Crippen molar-refractivity contribution in [2.45, 2.75) is 46.8 Å². The van der Waals surface area contributed by atoms with E-state index in [-0.39, 0.29) is 11.8 Å². The van der Waals surface area contributed by atoms with Gasteiger partial charge in [0.1, 0.15) is 6.10 Å². The van der Waals surface area contributed by atoms with Gasteiger partial charge in [-0.2, -0.15) is 0 Å². The van der Waals surface area contributed by atoms with Crippen LogP contribution in [0.1, 0.15) is 48.7 Å². The van der Waals surface area contributed by atoms with Gasteiger partial charge in [-0.15, -0.1) is 0 Å². The summed E-state index contributed by atoms with van der Waals surface area (Å²) in [6, 6.07) is 15.0. The Morgan fingerprint density at radius 3 is 2.36 bits per heavy atom. The number of nitrogens with one attached hydrogen (secondary N) is 2. The van der Waals surface area contributed by atoms with Gasteiger partial charge in [-0.3, -0.25) is 9.59 Å². The van der Waals surface area contributed by atoms with Crippen molar-refractivity contribution in [1.29, 1.82) is 0 Å². The number of para-hydroxylation sites is 1. The van der Waals surface area contributed by atoms with Crippen LogP contribution < -0.4 is 10.6 Å². The molecule has 0 aliphatic heterocycles. The van der Waals surface area contributed by atoms with Crippen LogP contribution in [0.15, 0.2) is 48.5 Å². The molecule has 0 radical (unpaired) electrons. The lowest BCUT2D eigenvalue weighted by Gasteiger charge is -2.16. The maximum Gasteiger partial charge on any atom is 0.253 e. The number of carbonyl (C=O) groups is 2. The minimum absolute atomic E-state index is 0.232. The molecular weight excluding hydrogens is 352 g/mol. The number of rotatable bonds is 9. The molecule has 1 unspecified atom stereocenters. The van der Waals surface area contributed by atoms with Gasteiger partial charge in [-0.1, -0.05) is 55.8 Å². The molecule has 0 spiro atoms. The predicted molar refractivity (Wildman–Crippen MR) is 112 cm³/mol. The molecule has 28 heavy (non-hydrogen) atoms. The molecular formula is C23H30N2O3. The van der Waals surface area contributed by atoms with Gasteiger partial charge in [0.05, 0.1) is 11.3 Å². The highest BCUT2D eigenvalue weighted by molar-refractivity contribution is 6.04. The summed E-state index contributed by atoms with van der Waals surface area (Å²) in [5.74, 6) is 0.0283. The molecule has 2 aromatic carbocycles. The Labute approximate surface area is 167 Å². The minimum Gasteiger partial charge on any atom is -0.369 e. The van der Waals surface area contributed by atoms with Crippen LogP contribution in [0.4, 0.5) is 5.69 Å². The fraction of sp³-hybridized carbons (Fsp3) is 0.391. The van der Waals surface area contributed by atoms with Crippen LogP contribution in [0.5, 0.6) is 0 Å². The number of aryl methyl sites for hydroxylation is 1. The Hall–Kier alpha value is -2.66. The Morgan fingerprint density at radius 1 is 1.00 bits per heavy atom. The van der Waals surface area contributed by atoms with Crippen LogP contribution in [0.2, 0.25) is 0 Å². The number of ether oxygens (including phenoxy) is 1. The van der Waals surface area contributed by atoms with Crippen molar-refractivity contribution in [3.8, 4) is 0 Å². The Morgan fingerprint density at radius 2 is 1.68 bits per heavy atom. The van der Waals surface area contributed by atoms with E-state index < -0.39 is 6.10 Å². The first-order chi connectivity index (χ1) is 13.4. The van der Waals surface area contributed by atoms with Crippen LogP contribution in [-0.2, 0) is 16.1 Å². The van der Waals surface area contributed by atoms with Crippen LogP contribution in [-0.4, -0.2) is 24.5 Å². The highest BCUT2D eigenvalue weighted by Crippen LogP contribution is 2.16. The van der Waals surface area contributed by atoms with Gasteiger partial charge in [-0.25, -0.2) is 0 Å². The quantitative estimate of drug-likeness (QED) is 0.679. The summed E-state index contributed by atoms with van der Waals surface area (Å²) in [6.07, 6.45) is 0.317. The number of benzene rings is 2. The summed E-state index contributed by atoms with van der Waals surface area (Å²) in [6.45, 7) is 8.92. The molecule has 0 aliphatic carbocycles. The van der Waals surface area contributed by atoms with Crippen LogP contribution in [0, 0.1) is 12.8 Å². The van der Waals surface area contributed by atoms with E-state index in [1.807, 2.05) is 31.2 Å². The second-order valence-corrected chi connectivity index (χ2v) is 7.40. The van der Waals surface area contributed by atoms with Gasteiger partial charge in [0.2, 0.25) is 0 Å². The zero-order chi connectivity index (χ0) is 20.5. The summed E-state index contributed by atoms with van der Waals surface area (Å²) in [4.78, 5) is 25.0. The van der Waals surface area contributed by atoms with E-state index in [9.17, 15) is 9.59 Å². The average molecular weight is 383 g/mol. The van der Waals surface area contributed by atoms with Gasteiger partial charge in [0.25, 0.3) is 11.8 Å². The zero-order valence-corrected chi connectivity index (χ0v) is 17.1. The highest BCUT2D eigenvalue weighted by atomic mass is 16.5. The van der Waals surface area contributed by atoms with E-state index in [0.29, 0.717) is 30.3 Å². The minimum atomic E-state index is -0.581. The first-order valence-corrected chi connectivity index (χ1v) is 9.72. The van der Waals surface area contributed by atoms with E-state index in [4.69, 9.17) is 4.74 Å². The van der Waals surface area contributed by atoms with Crippen LogP contribution in [0.25, 0.3) is 0 Å². The molecule has 150 valence electrons. The Kier molecular flexibility index (Phi) is 8.20. The monoisotopic (exact) mass is 382 g/mol. The van der Waals surface area contributed by atoms with Crippen LogP contribution >= 0.6 is 0 Å². The predicted octanol–water partition coefficient (Wildman–Crippen LogP) is 4.31. The third-order valence-corrected chi connectivity index (χ3v) is 4.44. The number of carbonyl (C=O) groups excluding carboxylic acids is 2. The van der Waals surface area contributed by atoms with Crippen molar-refractivity contribution in [1.82, 2.24) is 5.32 Å². The standard InChI is InChI=1S/C23H30N2O3/c1-16(2)13-14-28-18(4)22(26)25-21-8-6-5-7-20(21)23(27)24-15-19-11-9-17(3)10-12-19/h5-12,16,18H,13-15H2,1-4H3,(H,24,27)(H,25,26). The second kappa shape index (κ2) is 10.6. The van der Waals surface area contributed by atoms with Crippen molar-refractivity contribution < 1.29 is 14.3 Å². The molecule has 0 bridgehead atoms. The zero-order valence-electron chi connectivity index (χ0n) is 17.1. The second-order valence-electron chi connectivity index (χ2n) is 7.40. The third kappa shape index (κ3) is 6.82. The maximum atomic E-state index is 12.6. The summed E-state index contributed by atoms with van der Waals surface area (Å²) < 4.78 is 5.59. The lowest BCUT2D eigenvalue weighted by atomic mass is 10.1. The van der Waals surface area contributed by atoms with Gasteiger partial charge in [0.15, 0.2) is 0 Å². The van der Waals surface area contributed by atoms with Gasteiger partial charge in [-0.05, 0) is 43.9 Å². The Bertz CT molecular complexity index is 785. The lowest BCUT2D eigenvalue weighted by Crippen LogP contribution is -2.30. The highest BCUT2D eigenvalue weighted by Gasteiger charge is 2.17. The lowest BCUT2D eigenvalue weighted by molar-refractivity contribution is -0.126. The molecule has 0 aromatic heterocycles. The summed E-state index contributed by atoms with van der Waals surface area (Å²) in [5, 5.41) is 5.71. The molecule has 0 fully saturated rings. The fourth-order valence-electron chi connectivity index (χ4n) is 2.56. The molecule has 2 N–H and O–H groups in total. The van der Waals surface area contributed by atoms with Crippen molar-refractivity contribution in [2.24, 2.45) is 5.92 Å². The molecule has 2 amide bonds. The van der Waals surface area contributed by atoms with Crippen LogP contribution in [0.3, 0.4) is 0 Å². The van der Waals surface area contributed by atoms with E-state index in [1.165, 1.54) is 5.56 Å². The fourth-order valence-corrected chi connectivity index (χ4v) is 2.56. The van der Waals surface area contributed by atoms with E-state index >= 15 is 0 Å². The van der Waals surface area contributed by atoms with Crippen molar-refractivity contribution in [3.63, 3.8) is 0 Å². The largest absolute Gasteiger partial charge is 0.369 e. The van der Waals surface area contributed by atoms with Crippen molar-refractivity contribution in [2.75, 3.05) is 11.9 Å². The van der Waals surface area contributed by atoms with E-state index in [2.05, 4.69) is 24.5 Å². The van der Waals surface area contributed by atoms with Crippen molar-refractivity contribution in [3.05, 3.63) is 65.2 Å². The third-order valence-electron chi connectivity index (χ3n) is 4.44.